The molecule has 0 radical (unpaired) electrons. The van der Waals surface area contributed by atoms with Crippen LogP contribution in [0.3, 0.4) is 0 Å². The lowest BCUT2D eigenvalue weighted by atomic mass is 9.75. The molecule has 0 amide bonds. The highest BCUT2D eigenvalue weighted by Gasteiger charge is 2.39. The molecule has 1 saturated carbocycles. The summed E-state index contributed by atoms with van der Waals surface area (Å²) in [6.07, 6.45) is 7.99. The molecule has 1 N–H and O–H groups in total. The number of carboxylic acid groups (broad SMARTS) is 1. The number of piperidine rings is 1. The van der Waals surface area contributed by atoms with E-state index < -0.39 is 5.97 Å². The molecule has 4 heteroatoms. The molecule has 2 fully saturated rings. The highest BCUT2D eigenvalue weighted by Crippen LogP contribution is 2.36. The Hall–Kier alpha value is -0.610. The van der Waals surface area contributed by atoms with Crippen LogP contribution in [-0.2, 0) is 9.53 Å². The molecule has 4 nitrogen and oxygen atoms in total. The van der Waals surface area contributed by atoms with Gasteiger partial charge in [-0.2, -0.15) is 0 Å². The second kappa shape index (κ2) is 8.14. The van der Waals surface area contributed by atoms with E-state index in [2.05, 4.69) is 11.8 Å². The number of aliphatic carboxylic acids is 1. The van der Waals surface area contributed by atoms with Crippen LogP contribution in [0.1, 0.15) is 58.8 Å². The van der Waals surface area contributed by atoms with Crippen LogP contribution in [0, 0.1) is 11.8 Å². The van der Waals surface area contributed by atoms with Gasteiger partial charge in [-0.15, -0.1) is 0 Å². The second-order valence-electron chi connectivity index (χ2n) is 6.69. The Morgan fingerprint density at radius 2 is 2.10 bits per heavy atom. The molecule has 122 valence electrons. The third-order valence-electron chi connectivity index (χ3n) is 5.22. The van der Waals surface area contributed by atoms with Gasteiger partial charge in [-0.1, -0.05) is 19.8 Å². The molecule has 0 spiro atoms. The first-order valence-electron chi connectivity index (χ1n) is 8.74. The van der Waals surface area contributed by atoms with E-state index in [0.29, 0.717) is 12.0 Å². The maximum absolute atomic E-state index is 11.6. The molecule has 0 aromatic heterocycles. The number of ether oxygens (including phenoxy) is 1. The van der Waals surface area contributed by atoms with Crippen molar-refractivity contribution in [3.63, 3.8) is 0 Å². The zero-order valence-corrected chi connectivity index (χ0v) is 13.6. The average molecular weight is 297 g/mol. The van der Waals surface area contributed by atoms with Gasteiger partial charge in [0.15, 0.2) is 0 Å². The lowest BCUT2D eigenvalue weighted by Crippen LogP contribution is -2.52. The zero-order valence-electron chi connectivity index (χ0n) is 13.6. The first-order chi connectivity index (χ1) is 10.2. The van der Waals surface area contributed by atoms with Crippen LogP contribution in [0.4, 0.5) is 0 Å². The van der Waals surface area contributed by atoms with Crippen molar-refractivity contribution in [3.8, 4) is 0 Å². The summed E-state index contributed by atoms with van der Waals surface area (Å²) >= 11 is 0. The van der Waals surface area contributed by atoms with Crippen LogP contribution in [0.5, 0.6) is 0 Å². The fourth-order valence-corrected chi connectivity index (χ4v) is 4.23. The first-order valence-corrected chi connectivity index (χ1v) is 8.74. The number of hydrogen-bond acceptors (Lipinski definition) is 3. The molecule has 2 aliphatic rings. The summed E-state index contributed by atoms with van der Waals surface area (Å²) in [5, 5.41) is 9.57. The van der Waals surface area contributed by atoms with Crippen molar-refractivity contribution >= 4 is 5.97 Å². The summed E-state index contributed by atoms with van der Waals surface area (Å²) in [4.78, 5) is 14.0. The first kappa shape index (κ1) is 16.8. The van der Waals surface area contributed by atoms with Gasteiger partial charge in [-0.05, 0) is 51.5 Å². The third-order valence-corrected chi connectivity index (χ3v) is 5.22. The molecule has 2 rings (SSSR count). The minimum atomic E-state index is -0.603. The van der Waals surface area contributed by atoms with E-state index in [-0.39, 0.29) is 12.0 Å². The highest BCUT2D eigenvalue weighted by atomic mass is 16.5. The van der Waals surface area contributed by atoms with E-state index >= 15 is 0 Å². The smallest absolute Gasteiger partial charge is 0.308 e. The predicted octanol–water partition coefficient (Wildman–Crippen LogP) is 3.16. The topological polar surface area (TPSA) is 49.8 Å². The average Bonchev–Trinajstić information content (AvgIpc) is 2.48. The largest absolute Gasteiger partial charge is 0.481 e. The zero-order chi connectivity index (χ0) is 15.2. The number of nitrogens with zero attached hydrogens (tertiary/aromatic N) is 1. The normalized spacial score (nSPS) is 34.8. The van der Waals surface area contributed by atoms with Crippen molar-refractivity contribution in [1.82, 2.24) is 4.90 Å². The van der Waals surface area contributed by atoms with Crippen molar-refractivity contribution < 1.29 is 14.6 Å². The van der Waals surface area contributed by atoms with Gasteiger partial charge in [0.2, 0.25) is 0 Å². The number of likely N-dealkylation sites (tertiary alicyclic amines) is 1. The maximum Gasteiger partial charge on any atom is 0.308 e. The van der Waals surface area contributed by atoms with Gasteiger partial charge in [-0.25, -0.2) is 0 Å². The number of rotatable bonds is 6. The molecule has 0 aromatic rings. The highest BCUT2D eigenvalue weighted by molar-refractivity contribution is 5.71. The van der Waals surface area contributed by atoms with Crippen molar-refractivity contribution in [2.45, 2.75) is 70.9 Å². The van der Waals surface area contributed by atoms with Gasteiger partial charge in [0.25, 0.3) is 0 Å². The van der Waals surface area contributed by atoms with Crippen molar-refractivity contribution in [3.05, 3.63) is 0 Å². The van der Waals surface area contributed by atoms with Gasteiger partial charge >= 0.3 is 5.97 Å². The molecule has 1 aliphatic carbocycles. The Morgan fingerprint density at radius 1 is 1.29 bits per heavy atom. The summed E-state index contributed by atoms with van der Waals surface area (Å²) in [5.74, 6) is -0.0740. The molecular weight excluding hydrogens is 266 g/mol. The summed E-state index contributed by atoms with van der Waals surface area (Å²) in [6, 6.07) is 0.219. The summed E-state index contributed by atoms with van der Waals surface area (Å²) < 4.78 is 5.78. The lowest BCUT2D eigenvalue weighted by molar-refractivity contribution is -0.147. The Labute approximate surface area is 128 Å². The van der Waals surface area contributed by atoms with Gasteiger partial charge in [0, 0.05) is 19.2 Å². The Balaban J connectivity index is 2.02. The van der Waals surface area contributed by atoms with E-state index in [4.69, 9.17) is 4.74 Å². The molecule has 0 aromatic carbocycles. The summed E-state index contributed by atoms with van der Waals surface area (Å²) in [5.41, 5.74) is 0. The number of carboxylic acids is 1. The molecule has 1 saturated heterocycles. The van der Waals surface area contributed by atoms with Crippen LogP contribution in [0.15, 0.2) is 0 Å². The summed E-state index contributed by atoms with van der Waals surface area (Å²) in [6.45, 7) is 6.98. The van der Waals surface area contributed by atoms with Crippen molar-refractivity contribution in [1.29, 1.82) is 0 Å². The Morgan fingerprint density at radius 3 is 2.76 bits per heavy atom. The van der Waals surface area contributed by atoms with Gasteiger partial charge in [0.1, 0.15) is 0 Å². The monoisotopic (exact) mass is 297 g/mol. The Kier molecular flexibility index (Phi) is 6.49. The number of carbonyl (C=O) groups is 1. The molecule has 4 unspecified atom stereocenters. The molecule has 21 heavy (non-hydrogen) atoms. The SMILES string of the molecule is CCCC1CCC(C(=O)O)C(N2CCCC(OCC)C2)C1. The molecule has 1 heterocycles. The van der Waals surface area contributed by atoms with E-state index in [0.717, 1.165) is 51.8 Å². The fourth-order valence-electron chi connectivity index (χ4n) is 4.23. The quantitative estimate of drug-likeness (QED) is 0.818. The van der Waals surface area contributed by atoms with Gasteiger partial charge in [0.05, 0.1) is 12.0 Å². The molecule has 0 bridgehead atoms. The lowest BCUT2D eigenvalue weighted by Gasteiger charge is -2.44. The van der Waals surface area contributed by atoms with E-state index in [1.807, 2.05) is 6.92 Å². The van der Waals surface area contributed by atoms with Crippen LogP contribution in [-0.4, -0.2) is 47.8 Å². The third kappa shape index (κ3) is 4.43. The Bertz CT molecular complexity index is 332. The van der Waals surface area contributed by atoms with E-state index in [1.54, 1.807) is 0 Å². The van der Waals surface area contributed by atoms with E-state index in [1.165, 1.54) is 12.8 Å². The van der Waals surface area contributed by atoms with Crippen LogP contribution in [0.25, 0.3) is 0 Å². The van der Waals surface area contributed by atoms with Gasteiger partial charge in [-0.3, -0.25) is 9.69 Å². The van der Waals surface area contributed by atoms with Crippen molar-refractivity contribution in [2.75, 3.05) is 19.7 Å². The van der Waals surface area contributed by atoms with Crippen LogP contribution >= 0.6 is 0 Å². The standard InChI is InChI=1S/C17H31NO3/c1-3-6-13-8-9-15(17(19)20)16(11-13)18-10-5-7-14(12-18)21-4-2/h13-16H,3-12H2,1-2H3,(H,19,20). The molecule has 4 atom stereocenters. The van der Waals surface area contributed by atoms with Crippen LogP contribution in [0.2, 0.25) is 0 Å². The second-order valence-corrected chi connectivity index (χ2v) is 6.69. The predicted molar refractivity (Wildman–Crippen MR) is 83.4 cm³/mol. The molecule has 1 aliphatic heterocycles. The van der Waals surface area contributed by atoms with Crippen molar-refractivity contribution in [2.24, 2.45) is 11.8 Å². The van der Waals surface area contributed by atoms with E-state index in [9.17, 15) is 9.90 Å². The van der Waals surface area contributed by atoms with Crippen LogP contribution < -0.4 is 0 Å². The minimum absolute atomic E-state index is 0.182. The summed E-state index contributed by atoms with van der Waals surface area (Å²) in [7, 11) is 0. The fraction of sp³-hybridized carbons (Fsp3) is 0.941. The maximum atomic E-state index is 11.6. The minimum Gasteiger partial charge on any atom is -0.481 e. The van der Waals surface area contributed by atoms with Gasteiger partial charge < -0.3 is 9.84 Å². The number of hydrogen-bond donors (Lipinski definition) is 1. The molecular formula is C17H31NO3.